The van der Waals surface area contributed by atoms with Crippen LogP contribution in [0.15, 0.2) is 73.1 Å². The standard InChI is InChI=1S/C29H29N3O3/c1-18(20-6-5-7-24(12-20)35-4)32-17-27-25(19-8-10-23(11-9-19)29(2,3)34)13-21(14-26(27)28(32)33)22-15-30-31-16-22/h5-16,18,34H,17H2,1-4H3,(H,30,31)/t18-/m1/s1. The van der Waals surface area contributed by atoms with Crippen LogP contribution in [-0.4, -0.2) is 33.2 Å². The molecule has 6 nitrogen and oxygen atoms in total. The first-order chi connectivity index (χ1) is 16.8. The Bertz CT molecular complexity index is 1370. The molecule has 0 bridgehead atoms. The number of fused-ring (bicyclic) bond motifs is 1. The molecule has 1 aliphatic rings. The Balaban J connectivity index is 1.59. The van der Waals surface area contributed by atoms with E-state index < -0.39 is 5.60 Å². The third-order valence-electron chi connectivity index (χ3n) is 6.85. The lowest BCUT2D eigenvalue weighted by Crippen LogP contribution is -2.27. The summed E-state index contributed by atoms with van der Waals surface area (Å²) in [6.45, 7) is 6.11. The van der Waals surface area contributed by atoms with Crippen LogP contribution >= 0.6 is 0 Å². The lowest BCUT2D eigenvalue weighted by Gasteiger charge is -2.25. The number of carbonyl (C=O) groups is 1. The van der Waals surface area contributed by atoms with E-state index in [1.165, 1.54) is 0 Å². The van der Waals surface area contributed by atoms with Gasteiger partial charge in [0.1, 0.15) is 5.75 Å². The van der Waals surface area contributed by atoms with E-state index in [1.54, 1.807) is 27.2 Å². The summed E-state index contributed by atoms with van der Waals surface area (Å²) < 4.78 is 5.39. The molecule has 4 aromatic rings. The third kappa shape index (κ3) is 4.21. The van der Waals surface area contributed by atoms with Gasteiger partial charge in [-0.3, -0.25) is 9.89 Å². The number of hydrogen-bond donors (Lipinski definition) is 2. The van der Waals surface area contributed by atoms with Crippen molar-refractivity contribution in [3.63, 3.8) is 0 Å². The van der Waals surface area contributed by atoms with E-state index in [2.05, 4.69) is 16.3 Å². The number of methoxy groups -OCH3 is 1. The number of rotatable bonds is 6. The number of nitrogens with one attached hydrogen (secondary N) is 1. The Morgan fingerprint density at radius 2 is 1.77 bits per heavy atom. The maximum atomic E-state index is 13.7. The van der Waals surface area contributed by atoms with Crippen molar-refractivity contribution >= 4 is 5.91 Å². The van der Waals surface area contributed by atoms with Gasteiger partial charge < -0.3 is 14.7 Å². The molecule has 0 radical (unpaired) electrons. The number of H-pyrrole nitrogens is 1. The summed E-state index contributed by atoms with van der Waals surface area (Å²) in [6.07, 6.45) is 3.60. The minimum atomic E-state index is -0.919. The maximum absolute atomic E-state index is 13.7. The number of nitrogens with zero attached hydrogens (tertiary/aromatic N) is 2. The second-order valence-corrected chi connectivity index (χ2v) is 9.56. The predicted octanol–water partition coefficient (Wildman–Crippen LogP) is 5.70. The predicted molar refractivity (Wildman–Crippen MR) is 136 cm³/mol. The normalized spacial score (nSPS) is 14.2. The molecule has 178 valence electrons. The molecule has 6 heteroatoms. The van der Waals surface area contributed by atoms with Crippen molar-refractivity contribution in [3.8, 4) is 28.0 Å². The second kappa shape index (κ2) is 8.71. The summed E-state index contributed by atoms with van der Waals surface area (Å²) in [5, 5.41) is 17.3. The monoisotopic (exact) mass is 467 g/mol. The first-order valence-electron chi connectivity index (χ1n) is 11.7. The first kappa shape index (κ1) is 22.9. The van der Waals surface area contributed by atoms with Gasteiger partial charge in [0.15, 0.2) is 0 Å². The number of aliphatic hydroxyl groups is 1. The van der Waals surface area contributed by atoms with E-state index in [4.69, 9.17) is 4.74 Å². The number of amides is 1. The highest BCUT2D eigenvalue weighted by Gasteiger charge is 2.34. The average molecular weight is 468 g/mol. The van der Waals surface area contributed by atoms with E-state index >= 15 is 0 Å². The molecule has 2 heterocycles. The van der Waals surface area contributed by atoms with E-state index in [9.17, 15) is 9.90 Å². The van der Waals surface area contributed by atoms with Gasteiger partial charge in [0.25, 0.3) is 5.91 Å². The Morgan fingerprint density at radius 1 is 1.03 bits per heavy atom. The number of aromatic amines is 1. The highest BCUT2D eigenvalue weighted by Crippen LogP contribution is 2.40. The van der Waals surface area contributed by atoms with Crippen LogP contribution in [0.4, 0.5) is 0 Å². The molecule has 1 aliphatic heterocycles. The number of hydrogen-bond acceptors (Lipinski definition) is 4. The zero-order chi connectivity index (χ0) is 24.7. The molecule has 1 atom stereocenters. The molecule has 1 aromatic heterocycles. The summed E-state index contributed by atoms with van der Waals surface area (Å²) >= 11 is 0. The van der Waals surface area contributed by atoms with Crippen molar-refractivity contribution in [1.82, 2.24) is 15.1 Å². The fraction of sp³-hybridized carbons (Fsp3) is 0.241. The van der Waals surface area contributed by atoms with Crippen LogP contribution in [0.3, 0.4) is 0 Å². The molecule has 5 rings (SSSR count). The van der Waals surface area contributed by atoms with Crippen LogP contribution in [0.5, 0.6) is 5.75 Å². The molecular formula is C29H29N3O3. The van der Waals surface area contributed by atoms with Crippen molar-refractivity contribution in [2.75, 3.05) is 7.11 Å². The van der Waals surface area contributed by atoms with Crippen molar-refractivity contribution in [2.45, 2.75) is 39.0 Å². The number of benzene rings is 3. The summed E-state index contributed by atoms with van der Waals surface area (Å²) in [5.41, 5.74) is 6.53. The second-order valence-electron chi connectivity index (χ2n) is 9.56. The molecule has 2 N–H and O–H groups in total. The van der Waals surface area contributed by atoms with Gasteiger partial charge in [-0.05, 0) is 78.4 Å². The minimum Gasteiger partial charge on any atom is -0.497 e. The van der Waals surface area contributed by atoms with Crippen molar-refractivity contribution in [2.24, 2.45) is 0 Å². The number of carbonyl (C=O) groups excluding carboxylic acids is 1. The molecular weight excluding hydrogens is 438 g/mol. The van der Waals surface area contributed by atoms with Crippen LogP contribution in [0.25, 0.3) is 22.3 Å². The van der Waals surface area contributed by atoms with E-state index in [1.807, 2.05) is 72.6 Å². The quantitative estimate of drug-likeness (QED) is 0.381. The summed E-state index contributed by atoms with van der Waals surface area (Å²) in [4.78, 5) is 15.6. The van der Waals surface area contributed by atoms with Gasteiger partial charge in [-0.1, -0.05) is 36.4 Å². The smallest absolute Gasteiger partial charge is 0.255 e. The summed E-state index contributed by atoms with van der Waals surface area (Å²) in [7, 11) is 1.65. The van der Waals surface area contributed by atoms with E-state index in [-0.39, 0.29) is 11.9 Å². The molecule has 0 fully saturated rings. The Labute approximate surface area is 205 Å². The van der Waals surface area contributed by atoms with Crippen LogP contribution < -0.4 is 4.74 Å². The summed E-state index contributed by atoms with van der Waals surface area (Å²) in [5.74, 6) is 0.781. The van der Waals surface area contributed by atoms with Crippen molar-refractivity contribution in [1.29, 1.82) is 0 Å². The molecule has 0 unspecified atom stereocenters. The molecule has 0 spiro atoms. The highest BCUT2D eigenvalue weighted by atomic mass is 16.5. The maximum Gasteiger partial charge on any atom is 0.255 e. The minimum absolute atomic E-state index is 0.00928. The van der Waals surface area contributed by atoms with Crippen LogP contribution in [0.1, 0.15) is 53.9 Å². The van der Waals surface area contributed by atoms with Crippen LogP contribution in [0.2, 0.25) is 0 Å². The molecule has 0 saturated carbocycles. The fourth-order valence-electron chi connectivity index (χ4n) is 4.71. The van der Waals surface area contributed by atoms with Gasteiger partial charge >= 0.3 is 0 Å². The Morgan fingerprint density at radius 3 is 2.43 bits per heavy atom. The van der Waals surface area contributed by atoms with Crippen LogP contribution in [0, 0.1) is 0 Å². The first-order valence-corrected chi connectivity index (χ1v) is 11.7. The topological polar surface area (TPSA) is 78.4 Å². The zero-order valence-corrected chi connectivity index (χ0v) is 20.4. The van der Waals surface area contributed by atoms with Gasteiger partial charge in [0, 0.05) is 23.9 Å². The highest BCUT2D eigenvalue weighted by molar-refractivity contribution is 6.02. The largest absolute Gasteiger partial charge is 0.497 e. The molecule has 0 saturated heterocycles. The van der Waals surface area contributed by atoms with Gasteiger partial charge in [0.2, 0.25) is 0 Å². The van der Waals surface area contributed by atoms with Gasteiger partial charge in [-0.2, -0.15) is 5.10 Å². The van der Waals surface area contributed by atoms with E-state index in [0.29, 0.717) is 12.1 Å². The van der Waals surface area contributed by atoms with Crippen LogP contribution in [-0.2, 0) is 12.1 Å². The zero-order valence-electron chi connectivity index (χ0n) is 20.4. The van der Waals surface area contributed by atoms with Crippen molar-refractivity contribution < 1.29 is 14.6 Å². The number of aromatic nitrogens is 2. The fourth-order valence-corrected chi connectivity index (χ4v) is 4.71. The van der Waals surface area contributed by atoms with E-state index in [0.717, 1.165) is 44.7 Å². The SMILES string of the molecule is COc1cccc([C@@H](C)N2Cc3c(cc(-c4cn[nH]c4)cc3-c3ccc(C(C)(C)O)cc3)C2=O)c1. The average Bonchev–Trinajstić information content (AvgIpc) is 3.51. The lowest BCUT2D eigenvalue weighted by atomic mass is 9.90. The lowest BCUT2D eigenvalue weighted by molar-refractivity contribution is 0.0715. The molecule has 35 heavy (non-hydrogen) atoms. The molecule has 0 aliphatic carbocycles. The third-order valence-corrected chi connectivity index (χ3v) is 6.85. The van der Waals surface area contributed by atoms with Gasteiger partial charge in [-0.15, -0.1) is 0 Å². The Hall–Kier alpha value is -3.90. The summed E-state index contributed by atoms with van der Waals surface area (Å²) in [6, 6.07) is 19.7. The molecule has 3 aromatic carbocycles. The molecule has 1 amide bonds. The van der Waals surface area contributed by atoms with Gasteiger partial charge in [0.05, 0.1) is 24.9 Å². The van der Waals surface area contributed by atoms with Crippen molar-refractivity contribution in [3.05, 3.63) is 95.3 Å². The Kier molecular flexibility index (Phi) is 5.69. The van der Waals surface area contributed by atoms with Gasteiger partial charge in [-0.25, -0.2) is 0 Å². The number of ether oxygens (including phenoxy) is 1.